The van der Waals surface area contributed by atoms with E-state index in [0.717, 1.165) is 45.6 Å². The van der Waals surface area contributed by atoms with Crippen molar-refractivity contribution in [3.63, 3.8) is 0 Å². The highest BCUT2D eigenvalue weighted by atomic mass is 32.1. The number of aliphatic carboxylic acids is 1. The van der Waals surface area contributed by atoms with Crippen molar-refractivity contribution in [1.29, 1.82) is 0 Å². The summed E-state index contributed by atoms with van der Waals surface area (Å²) in [6, 6.07) is 4.93. The summed E-state index contributed by atoms with van der Waals surface area (Å²) in [5.41, 5.74) is 0. The molecule has 6 nitrogen and oxygen atoms in total. The van der Waals surface area contributed by atoms with Gasteiger partial charge in [-0.1, -0.05) is 0 Å². The molecule has 4 rings (SSSR count). The number of fused-ring (bicyclic) bond motifs is 1. The molecule has 168 valence electrons. The van der Waals surface area contributed by atoms with Crippen LogP contribution in [0.5, 0.6) is 0 Å². The summed E-state index contributed by atoms with van der Waals surface area (Å²) in [6.07, 6.45) is -0.473. The van der Waals surface area contributed by atoms with Crippen LogP contribution in [-0.2, 0) is 20.9 Å². The van der Waals surface area contributed by atoms with Crippen molar-refractivity contribution < 1.29 is 32.6 Å². The number of carboxylic acid groups (broad SMARTS) is 1. The first-order chi connectivity index (χ1) is 14.1. The zero-order chi connectivity index (χ0) is 21.9. The van der Waals surface area contributed by atoms with E-state index in [0.29, 0.717) is 11.9 Å². The molecule has 3 aliphatic rings. The fourth-order valence-electron chi connectivity index (χ4n) is 4.38. The van der Waals surface area contributed by atoms with Gasteiger partial charge >= 0.3 is 12.1 Å². The van der Waals surface area contributed by atoms with E-state index >= 15 is 0 Å². The number of aryl methyl sites for hydroxylation is 1. The summed E-state index contributed by atoms with van der Waals surface area (Å²) in [4.78, 5) is 29.1. The molecule has 1 amide bonds. The quantitative estimate of drug-likeness (QED) is 0.769. The number of piperidine rings is 1. The van der Waals surface area contributed by atoms with Crippen LogP contribution in [0, 0.1) is 12.8 Å². The molecule has 30 heavy (non-hydrogen) atoms. The number of amides is 1. The van der Waals surface area contributed by atoms with Gasteiger partial charge in [0.25, 0.3) is 0 Å². The Morgan fingerprint density at radius 1 is 1.27 bits per heavy atom. The molecule has 0 radical (unpaired) electrons. The minimum atomic E-state index is -5.08. The summed E-state index contributed by atoms with van der Waals surface area (Å²) in [6.45, 7) is 6.78. The number of rotatable bonds is 3. The Morgan fingerprint density at radius 2 is 1.93 bits per heavy atom. The average Bonchev–Trinajstić information content (AvgIpc) is 3.42. The molecule has 1 aromatic heterocycles. The van der Waals surface area contributed by atoms with Gasteiger partial charge in [0.05, 0.1) is 12.0 Å². The maximum absolute atomic E-state index is 12.8. The molecule has 3 fully saturated rings. The molecule has 0 saturated carbocycles. The molecular weight excluding hydrogens is 421 g/mol. The maximum atomic E-state index is 12.8. The minimum Gasteiger partial charge on any atom is -0.475 e. The van der Waals surface area contributed by atoms with Crippen LogP contribution in [0.1, 0.15) is 35.4 Å². The fourth-order valence-corrected chi connectivity index (χ4v) is 5.30. The lowest BCUT2D eigenvalue weighted by Gasteiger charge is -2.41. The summed E-state index contributed by atoms with van der Waals surface area (Å²) in [7, 11) is 0. The van der Waals surface area contributed by atoms with Crippen molar-refractivity contribution in [2.75, 3.05) is 26.2 Å². The van der Waals surface area contributed by atoms with Crippen LogP contribution in [0.3, 0.4) is 0 Å². The summed E-state index contributed by atoms with van der Waals surface area (Å²) < 4.78 is 37.7. The Labute approximate surface area is 177 Å². The third kappa shape index (κ3) is 5.73. The molecule has 0 aromatic carbocycles. The number of likely N-dealkylation sites (tertiary alicyclic amines) is 2. The van der Waals surface area contributed by atoms with E-state index in [1.54, 1.807) is 0 Å². The Bertz CT molecular complexity index is 749. The molecule has 3 aliphatic heterocycles. The van der Waals surface area contributed by atoms with Crippen LogP contribution in [-0.4, -0.2) is 71.3 Å². The fraction of sp³-hybridized carbons (Fsp3) is 0.700. The second-order valence-electron chi connectivity index (χ2n) is 7.97. The predicted molar refractivity (Wildman–Crippen MR) is 105 cm³/mol. The van der Waals surface area contributed by atoms with E-state index in [-0.39, 0.29) is 12.0 Å². The number of carboxylic acids is 1. The number of hydrogen-bond donors (Lipinski definition) is 1. The highest BCUT2D eigenvalue weighted by Gasteiger charge is 2.43. The standard InChI is InChI=1S/C18H26N2O2S.C2HF3O2/c1-13-4-5-15(23-13)12-20-11-14(10-17-16(20)6-9-22-17)18(21)19-7-2-3-8-19;3-2(4,5)1(6)7/h4-5,14,16-17H,2-3,6-12H2,1H3;(H,6,7)/t14-,16+,17+;/m0./s1. The second kappa shape index (κ2) is 9.65. The van der Waals surface area contributed by atoms with Gasteiger partial charge in [-0.05, 0) is 44.7 Å². The van der Waals surface area contributed by atoms with Crippen molar-refractivity contribution in [3.8, 4) is 0 Å². The van der Waals surface area contributed by atoms with Crippen molar-refractivity contribution >= 4 is 23.2 Å². The Balaban J connectivity index is 0.000000318. The Kier molecular flexibility index (Phi) is 7.41. The first kappa shape index (κ1) is 23.0. The first-order valence-corrected chi connectivity index (χ1v) is 11.0. The lowest BCUT2D eigenvalue weighted by molar-refractivity contribution is -0.192. The van der Waals surface area contributed by atoms with E-state index in [2.05, 4.69) is 28.9 Å². The monoisotopic (exact) mass is 448 g/mol. The molecule has 0 bridgehead atoms. The summed E-state index contributed by atoms with van der Waals surface area (Å²) in [5, 5.41) is 7.12. The number of thiophene rings is 1. The van der Waals surface area contributed by atoms with Crippen molar-refractivity contribution in [1.82, 2.24) is 9.80 Å². The first-order valence-electron chi connectivity index (χ1n) is 10.1. The van der Waals surface area contributed by atoms with Gasteiger partial charge in [0.2, 0.25) is 5.91 Å². The third-order valence-corrected chi connectivity index (χ3v) is 6.77. The van der Waals surface area contributed by atoms with Gasteiger partial charge in [0.15, 0.2) is 0 Å². The number of nitrogens with zero attached hydrogens (tertiary/aromatic N) is 2. The minimum absolute atomic E-state index is 0.119. The highest BCUT2D eigenvalue weighted by molar-refractivity contribution is 7.11. The normalized spacial score (nSPS) is 26.8. The number of alkyl halides is 3. The van der Waals surface area contributed by atoms with E-state index in [9.17, 15) is 18.0 Å². The second-order valence-corrected chi connectivity index (χ2v) is 9.35. The zero-order valence-electron chi connectivity index (χ0n) is 16.9. The molecule has 1 aromatic rings. The summed E-state index contributed by atoms with van der Waals surface area (Å²) in [5.74, 6) is -2.27. The lowest BCUT2D eigenvalue weighted by Crippen LogP contribution is -2.52. The Morgan fingerprint density at radius 3 is 2.50 bits per heavy atom. The number of halogens is 3. The number of hydrogen-bond acceptors (Lipinski definition) is 5. The van der Waals surface area contributed by atoms with Crippen molar-refractivity contribution in [3.05, 3.63) is 21.9 Å². The topological polar surface area (TPSA) is 70.1 Å². The lowest BCUT2D eigenvalue weighted by atomic mass is 9.89. The molecule has 4 heterocycles. The van der Waals surface area contributed by atoms with Gasteiger partial charge < -0.3 is 14.7 Å². The van der Waals surface area contributed by atoms with Gasteiger partial charge in [-0.15, -0.1) is 11.3 Å². The predicted octanol–water partition coefficient (Wildman–Crippen LogP) is 3.29. The number of carbonyl (C=O) groups is 2. The number of carbonyl (C=O) groups excluding carboxylic acids is 1. The third-order valence-electron chi connectivity index (χ3n) is 5.78. The van der Waals surface area contributed by atoms with E-state index in [1.807, 2.05) is 11.3 Å². The highest BCUT2D eigenvalue weighted by Crippen LogP contribution is 2.34. The van der Waals surface area contributed by atoms with Gasteiger partial charge in [0.1, 0.15) is 0 Å². The van der Waals surface area contributed by atoms with Gasteiger partial charge in [-0.25, -0.2) is 4.79 Å². The SMILES string of the molecule is Cc1ccc(CN2C[C@@H](C(=O)N3CCCC3)C[C@H]3OCC[C@H]32)s1.O=C(O)C(F)(F)F. The van der Waals surface area contributed by atoms with E-state index in [1.165, 1.54) is 22.6 Å². The van der Waals surface area contributed by atoms with Crippen LogP contribution in [0.25, 0.3) is 0 Å². The molecule has 10 heteroatoms. The van der Waals surface area contributed by atoms with Gasteiger partial charge in [-0.3, -0.25) is 9.69 Å². The number of ether oxygens (including phenoxy) is 1. The largest absolute Gasteiger partial charge is 0.490 e. The van der Waals surface area contributed by atoms with Crippen LogP contribution in [0.4, 0.5) is 13.2 Å². The van der Waals surface area contributed by atoms with Crippen LogP contribution in [0.15, 0.2) is 12.1 Å². The van der Waals surface area contributed by atoms with E-state index < -0.39 is 12.1 Å². The van der Waals surface area contributed by atoms with Crippen LogP contribution >= 0.6 is 11.3 Å². The van der Waals surface area contributed by atoms with Crippen LogP contribution in [0.2, 0.25) is 0 Å². The molecule has 1 N–H and O–H groups in total. The molecule has 3 saturated heterocycles. The smallest absolute Gasteiger partial charge is 0.475 e. The van der Waals surface area contributed by atoms with Crippen LogP contribution < -0.4 is 0 Å². The van der Waals surface area contributed by atoms with Gasteiger partial charge in [0, 0.05) is 48.6 Å². The molecular formula is C20H27F3N2O4S. The molecule has 0 aliphatic carbocycles. The van der Waals surface area contributed by atoms with E-state index in [4.69, 9.17) is 14.6 Å². The van der Waals surface area contributed by atoms with Crippen molar-refractivity contribution in [2.24, 2.45) is 5.92 Å². The molecule has 0 unspecified atom stereocenters. The average molecular weight is 449 g/mol. The summed E-state index contributed by atoms with van der Waals surface area (Å²) >= 11 is 1.87. The molecule has 0 spiro atoms. The van der Waals surface area contributed by atoms with Gasteiger partial charge in [-0.2, -0.15) is 13.2 Å². The maximum Gasteiger partial charge on any atom is 0.490 e. The zero-order valence-corrected chi connectivity index (χ0v) is 17.7. The Hall–Kier alpha value is -1.65. The van der Waals surface area contributed by atoms with Crippen molar-refractivity contribution in [2.45, 2.75) is 57.5 Å². The molecule has 3 atom stereocenters.